The molecule has 0 atom stereocenters. The van der Waals surface area contributed by atoms with Crippen LogP contribution in [-0.2, 0) is 11.3 Å². The fourth-order valence-electron chi connectivity index (χ4n) is 1.83. The molecule has 1 saturated carbocycles. The van der Waals surface area contributed by atoms with Gasteiger partial charge in [0.1, 0.15) is 0 Å². The van der Waals surface area contributed by atoms with Gasteiger partial charge in [0.05, 0.1) is 0 Å². The Labute approximate surface area is 113 Å². The van der Waals surface area contributed by atoms with E-state index in [1.807, 2.05) is 31.3 Å². The Morgan fingerprint density at radius 3 is 2.83 bits per heavy atom. The SMILES string of the molecule is CN(Cc1ccccc1Cl)C(=O)CCNC1CC1. The van der Waals surface area contributed by atoms with E-state index in [1.54, 1.807) is 4.90 Å². The second kappa shape index (κ2) is 6.21. The number of nitrogens with one attached hydrogen (secondary N) is 1. The van der Waals surface area contributed by atoms with Crippen molar-refractivity contribution in [1.29, 1.82) is 0 Å². The van der Waals surface area contributed by atoms with Crippen LogP contribution in [0.1, 0.15) is 24.8 Å². The molecule has 0 radical (unpaired) electrons. The zero-order chi connectivity index (χ0) is 13.0. The van der Waals surface area contributed by atoms with Crippen molar-refractivity contribution in [2.24, 2.45) is 0 Å². The van der Waals surface area contributed by atoms with Crippen LogP contribution in [0.2, 0.25) is 5.02 Å². The number of amides is 1. The van der Waals surface area contributed by atoms with Crippen LogP contribution in [0.4, 0.5) is 0 Å². The van der Waals surface area contributed by atoms with Crippen LogP contribution in [0.25, 0.3) is 0 Å². The summed E-state index contributed by atoms with van der Waals surface area (Å²) >= 11 is 6.08. The molecule has 0 spiro atoms. The highest BCUT2D eigenvalue weighted by Crippen LogP contribution is 2.19. The first-order chi connectivity index (χ1) is 8.66. The monoisotopic (exact) mass is 266 g/mol. The van der Waals surface area contributed by atoms with Gasteiger partial charge in [-0.3, -0.25) is 4.79 Å². The highest BCUT2D eigenvalue weighted by molar-refractivity contribution is 6.31. The summed E-state index contributed by atoms with van der Waals surface area (Å²) in [5.41, 5.74) is 0.991. The Bertz CT molecular complexity index is 418. The van der Waals surface area contributed by atoms with Gasteiger partial charge < -0.3 is 10.2 Å². The summed E-state index contributed by atoms with van der Waals surface area (Å²) in [6.07, 6.45) is 3.06. The van der Waals surface area contributed by atoms with Crippen molar-refractivity contribution in [2.45, 2.75) is 31.8 Å². The van der Waals surface area contributed by atoms with Gasteiger partial charge in [0.2, 0.25) is 5.91 Å². The highest BCUT2D eigenvalue weighted by atomic mass is 35.5. The molecule has 98 valence electrons. The second-order valence-corrected chi connectivity index (χ2v) is 5.23. The van der Waals surface area contributed by atoms with Crippen molar-refractivity contribution in [3.8, 4) is 0 Å². The van der Waals surface area contributed by atoms with Gasteiger partial charge in [-0.25, -0.2) is 0 Å². The molecule has 2 rings (SSSR count). The number of rotatable bonds is 6. The van der Waals surface area contributed by atoms with Crippen molar-refractivity contribution < 1.29 is 4.79 Å². The molecule has 0 unspecified atom stereocenters. The number of benzene rings is 1. The number of carbonyl (C=O) groups is 1. The molecule has 1 N–H and O–H groups in total. The molecule has 18 heavy (non-hydrogen) atoms. The van der Waals surface area contributed by atoms with Gasteiger partial charge in [-0.1, -0.05) is 29.8 Å². The highest BCUT2D eigenvalue weighted by Gasteiger charge is 2.20. The molecule has 0 heterocycles. The van der Waals surface area contributed by atoms with Gasteiger partial charge in [-0.15, -0.1) is 0 Å². The van der Waals surface area contributed by atoms with Crippen LogP contribution in [-0.4, -0.2) is 30.4 Å². The number of halogens is 1. The summed E-state index contributed by atoms with van der Waals surface area (Å²) in [6.45, 7) is 1.35. The largest absolute Gasteiger partial charge is 0.341 e. The average Bonchev–Trinajstić information content (AvgIpc) is 3.16. The Morgan fingerprint density at radius 1 is 1.44 bits per heavy atom. The lowest BCUT2D eigenvalue weighted by molar-refractivity contribution is -0.130. The van der Waals surface area contributed by atoms with Crippen molar-refractivity contribution >= 4 is 17.5 Å². The Hall–Kier alpha value is -1.06. The number of hydrogen-bond acceptors (Lipinski definition) is 2. The molecule has 1 amide bonds. The van der Waals surface area contributed by atoms with Gasteiger partial charge in [-0.05, 0) is 24.5 Å². The molecule has 1 fully saturated rings. The lowest BCUT2D eigenvalue weighted by Gasteiger charge is -2.18. The molecule has 0 bridgehead atoms. The van der Waals surface area contributed by atoms with Crippen LogP contribution in [0.15, 0.2) is 24.3 Å². The summed E-state index contributed by atoms with van der Waals surface area (Å²) < 4.78 is 0. The molecule has 0 saturated heterocycles. The Morgan fingerprint density at radius 2 is 2.17 bits per heavy atom. The summed E-state index contributed by atoms with van der Waals surface area (Å²) in [7, 11) is 1.82. The number of nitrogens with zero attached hydrogens (tertiary/aromatic N) is 1. The molecule has 1 aromatic rings. The fourth-order valence-corrected chi connectivity index (χ4v) is 2.03. The van der Waals surface area contributed by atoms with Crippen LogP contribution in [0.3, 0.4) is 0 Å². The predicted octanol–water partition coefficient (Wildman–Crippen LogP) is 2.44. The van der Waals surface area contributed by atoms with E-state index in [0.717, 1.165) is 12.1 Å². The van der Waals surface area contributed by atoms with Crippen molar-refractivity contribution in [1.82, 2.24) is 10.2 Å². The molecular formula is C14H19ClN2O. The lowest BCUT2D eigenvalue weighted by Crippen LogP contribution is -2.30. The number of hydrogen-bond donors (Lipinski definition) is 1. The third-order valence-electron chi connectivity index (χ3n) is 3.14. The zero-order valence-corrected chi connectivity index (χ0v) is 11.4. The quantitative estimate of drug-likeness (QED) is 0.858. The minimum atomic E-state index is 0.156. The molecule has 1 aliphatic carbocycles. The fraction of sp³-hybridized carbons (Fsp3) is 0.500. The molecule has 0 aliphatic heterocycles. The third kappa shape index (κ3) is 4.00. The van der Waals surface area contributed by atoms with Gasteiger partial charge in [0.25, 0.3) is 0 Å². The molecule has 4 heteroatoms. The van der Waals surface area contributed by atoms with E-state index in [-0.39, 0.29) is 5.91 Å². The first-order valence-corrected chi connectivity index (χ1v) is 6.75. The van der Waals surface area contributed by atoms with Gasteiger partial charge in [0.15, 0.2) is 0 Å². The first kappa shape index (κ1) is 13.4. The topological polar surface area (TPSA) is 32.3 Å². The Balaban J connectivity index is 1.77. The molecule has 1 aliphatic rings. The maximum Gasteiger partial charge on any atom is 0.223 e. The van der Waals surface area contributed by atoms with E-state index in [2.05, 4.69) is 5.32 Å². The summed E-state index contributed by atoms with van der Waals surface area (Å²) in [5.74, 6) is 0.156. The van der Waals surface area contributed by atoms with Crippen molar-refractivity contribution in [3.05, 3.63) is 34.9 Å². The second-order valence-electron chi connectivity index (χ2n) is 4.82. The maximum absolute atomic E-state index is 11.9. The first-order valence-electron chi connectivity index (χ1n) is 6.37. The Kier molecular flexibility index (Phi) is 4.61. The molecule has 3 nitrogen and oxygen atoms in total. The normalized spacial score (nSPS) is 14.6. The van der Waals surface area contributed by atoms with E-state index in [0.29, 0.717) is 24.0 Å². The molecule has 0 aromatic heterocycles. The maximum atomic E-state index is 11.9. The lowest BCUT2D eigenvalue weighted by atomic mass is 10.2. The minimum absolute atomic E-state index is 0.156. The third-order valence-corrected chi connectivity index (χ3v) is 3.51. The predicted molar refractivity (Wildman–Crippen MR) is 73.6 cm³/mol. The van der Waals surface area contributed by atoms with Crippen LogP contribution in [0.5, 0.6) is 0 Å². The summed E-state index contributed by atoms with van der Waals surface area (Å²) in [5, 5.41) is 4.06. The zero-order valence-electron chi connectivity index (χ0n) is 10.7. The number of carbonyl (C=O) groups excluding carboxylic acids is 1. The standard InChI is InChI=1S/C14H19ClN2O/c1-17(10-11-4-2-3-5-13(11)15)14(18)8-9-16-12-6-7-12/h2-5,12,16H,6-10H2,1H3. The molecule has 1 aromatic carbocycles. The van der Waals surface area contributed by atoms with E-state index < -0.39 is 0 Å². The van der Waals surface area contributed by atoms with Gasteiger partial charge in [-0.2, -0.15) is 0 Å². The summed E-state index contributed by atoms with van der Waals surface area (Å²) in [6, 6.07) is 8.30. The van der Waals surface area contributed by atoms with E-state index in [9.17, 15) is 4.79 Å². The van der Waals surface area contributed by atoms with Crippen LogP contribution >= 0.6 is 11.6 Å². The van der Waals surface area contributed by atoms with Crippen LogP contribution < -0.4 is 5.32 Å². The van der Waals surface area contributed by atoms with E-state index in [4.69, 9.17) is 11.6 Å². The van der Waals surface area contributed by atoms with Crippen molar-refractivity contribution in [2.75, 3.05) is 13.6 Å². The minimum Gasteiger partial charge on any atom is -0.341 e. The van der Waals surface area contributed by atoms with Gasteiger partial charge in [0, 0.05) is 37.6 Å². The smallest absolute Gasteiger partial charge is 0.223 e. The average molecular weight is 267 g/mol. The van der Waals surface area contributed by atoms with E-state index in [1.165, 1.54) is 12.8 Å². The summed E-state index contributed by atoms with van der Waals surface area (Å²) in [4.78, 5) is 13.6. The van der Waals surface area contributed by atoms with Gasteiger partial charge >= 0.3 is 0 Å². The van der Waals surface area contributed by atoms with Crippen molar-refractivity contribution in [3.63, 3.8) is 0 Å². The van der Waals surface area contributed by atoms with E-state index >= 15 is 0 Å². The van der Waals surface area contributed by atoms with Crippen LogP contribution in [0, 0.1) is 0 Å². The molecular weight excluding hydrogens is 248 g/mol.